The van der Waals surface area contributed by atoms with Crippen molar-refractivity contribution in [1.82, 2.24) is 5.01 Å². The summed E-state index contributed by atoms with van der Waals surface area (Å²) in [6.07, 6.45) is -1.04. The summed E-state index contributed by atoms with van der Waals surface area (Å²) in [5.41, 5.74) is 0.0199. The Kier molecular flexibility index (Phi) is 6.54. The topological polar surface area (TPSA) is 94.3 Å². The molecule has 2 aromatic carbocycles. The Hall–Kier alpha value is -3.12. The molecule has 2 heterocycles. The van der Waals surface area contributed by atoms with Gasteiger partial charge in [0.2, 0.25) is 6.54 Å². The third kappa shape index (κ3) is 4.11. The van der Waals surface area contributed by atoms with Gasteiger partial charge in [0, 0.05) is 35.5 Å². The van der Waals surface area contributed by atoms with E-state index in [1.807, 2.05) is 0 Å². The van der Waals surface area contributed by atoms with E-state index in [1.54, 1.807) is 0 Å². The van der Waals surface area contributed by atoms with Crippen molar-refractivity contribution in [2.75, 3.05) is 20.3 Å². The summed E-state index contributed by atoms with van der Waals surface area (Å²) in [5.74, 6) is -3.23. The van der Waals surface area contributed by atoms with Gasteiger partial charge in [0.15, 0.2) is 4.87 Å². The van der Waals surface area contributed by atoms with E-state index < -0.39 is 51.7 Å². The molecule has 3 atom stereocenters. The van der Waals surface area contributed by atoms with Crippen molar-refractivity contribution in [2.24, 2.45) is 11.0 Å². The molecule has 0 saturated carbocycles. The molecule has 12 heteroatoms. The number of rotatable bonds is 6. The van der Waals surface area contributed by atoms with Gasteiger partial charge >= 0.3 is 0 Å². The van der Waals surface area contributed by atoms with Crippen LogP contribution in [-0.4, -0.2) is 47.2 Å². The number of amides is 1. The highest BCUT2D eigenvalue weighted by atomic mass is 32.2. The fourth-order valence-corrected chi connectivity index (χ4v) is 5.55. The predicted molar refractivity (Wildman–Crippen MR) is 117 cm³/mol. The molecule has 8 nitrogen and oxygen atoms in total. The summed E-state index contributed by atoms with van der Waals surface area (Å²) in [4.78, 5) is 22.5. The highest BCUT2D eigenvalue weighted by Crippen LogP contribution is 2.57. The van der Waals surface area contributed by atoms with Crippen molar-refractivity contribution in [3.8, 4) is 5.75 Å². The number of halogens is 3. The van der Waals surface area contributed by atoms with E-state index in [9.17, 15) is 28.1 Å². The fourth-order valence-electron chi connectivity index (χ4n) is 4.03. The van der Waals surface area contributed by atoms with Gasteiger partial charge in [-0.3, -0.25) is 14.9 Å². The largest absolute Gasteiger partial charge is 0.493 e. The lowest BCUT2D eigenvalue weighted by molar-refractivity contribution is -0.482. The minimum Gasteiger partial charge on any atom is -0.493 e. The number of fused-ring (bicyclic) bond motifs is 2. The molecule has 4 rings (SSSR count). The molecule has 0 bridgehead atoms. The number of nitro groups is 1. The summed E-state index contributed by atoms with van der Waals surface area (Å²) in [6, 6.07) is 6.56. The smallest absolute Gasteiger partial charge is 0.273 e. The average Bonchev–Trinajstić information content (AvgIpc) is 3.20. The van der Waals surface area contributed by atoms with Crippen LogP contribution in [-0.2, 0) is 14.4 Å². The van der Waals surface area contributed by atoms with Gasteiger partial charge in [-0.25, -0.2) is 18.2 Å². The molecule has 1 spiro atoms. The molecule has 2 aromatic rings. The third-order valence-corrected chi connectivity index (χ3v) is 7.34. The van der Waals surface area contributed by atoms with Gasteiger partial charge in [0.1, 0.15) is 34.3 Å². The van der Waals surface area contributed by atoms with Crippen LogP contribution in [0.5, 0.6) is 5.75 Å². The fraction of sp³-hybridized carbons (Fsp3) is 0.364. The lowest BCUT2D eigenvalue weighted by Crippen LogP contribution is -2.53. The molecular weight excluding hydrogens is 475 g/mol. The van der Waals surface area contributed by atoms with Crippen LogP contribution in [0.2, 0.25) is 0 Å². The van der Waals surface area contributed by atoms with Gasteiger partial charge in [0.25, 0.3) is 5.91 Å². The van der Waals surface area contributed by atoms with Crippen molar-refractivity contribution in [2.45, 2.75) is 24.3 Å². The zero-order chi connectivity index (χ0) is 24.6. The number of carbonyl (C=O) groups excluding carboxylic acids is 1. The molecule has 0 fully saturated rings. The molecule has 34 heavy (non-hydrogen) atoms. The number of nitrogens with zero attached hydrogens (tertiary/aromatic N) is 3. The minimum atomic E-state index is -1.51. The van der Waals surface area contributed by atoms with Crippen molar-refractivity contribution < 1.29 is 32.4 Å². The summed E-state index contributed by atoms with van der Waals surface area (Å²) in [7, 11) is 1.32. The maximum Gasteiger partial charge on any atom is 0.273 e. The standard InChI is InChI=1S/C22H20F3N3O5S/c1-12(32-2)21(29)28-22(34-20(26-28)16-9-14(23)3-5-18(16)25)13(7-8-27(30)31)11-33-19-6-4-15(24)10-17(19)22/h3-6,9-10,12-13H,7-8,11H2,1-2H3/t12-,13?,22?/m0/s1. The van der Waals surface area contributed by atoms with Crippen LogP contribution < -0.4 is 4.74 Å². The molecular formula is C22H20F3N3O5S. The Morgan fingerprint density at radius 3 is 2.74 bits per heavy atom. The SMILES string of the molecule is CO[C@@H](C)C(=O)N1N=C(c2cc(F)ccc2F)SC12c1cc(F)ccc1OCC2CC[N+](=O)[O-]. The van der Waals surface area contributed by atoms with Gasteiger partial charge in [-0.1, -0.05) is 11.8 Å². The van der Waals surface area contributed by atoms with Gasteiger partial charge in [-0.15, -0.1) is 0 Å². The quantitative estimate of drug-likeness (QED) is 0.446. The van der Waals surface area contributed by atoms with E-state index in [2.05, 4.69) is 5.10 Å². The van der Waals surface area contributed by atoms with E-state index in [1.165, 1.54) is 32.2 Å². The highest BCUT2D eigenvalue weighted by Gasteiger charge is 2.58. The first-order chi connectivity index (χ1) is 16.2. The van der Waals surface area contributed by atoms with Crippen LogP contribution >= 0.6 is 11.8 Å². The second kappa shape index (κ2) is 9.26. The molecule has 2 aliphatic heterocycles. The Balaban J connectivity index is 1.93. The molecule has 0 N–H and O–H groups in total. The molecule has 0 aromatic heterocycles. The molecule has 2 unspecified atom stereocenters. The molecule has 1 amide bonds. The average molecular weight is 495 g/mol. The van der Waals surface area contributed by atoms with E-state index in [0.717, 1.165) is 35.0 Å². The second-order valence-corrected chi connectivity index (χ2v) is 9.06. The number of methoxy groups -OCH3 is 1. The molecule has 180 valence electrons. The lowest BCUT2D eigenvalue weighted by atomic mass is 9.86. The van der Waals surface area contributed by atoms with Gasteiger partial charge in [0.05, 0.1) is 6.61 Å². The molecule has 0 saturated heterocycles. The zero-order valence-electron chi connectivity index (χ0n) is 18.2. The normalized spacial score (nSPS) is 22.2. The number of hydrogen-bond acceptors (Lipinski definition) is 7. The first-order valence-corrected chi connectivity index (χ1v) is 11.1. The predicted octanol–water partition coefficient (Wildman–Crippen LogP) is 3.90. The number of hydrazone groups is 1. The molecule has 0 radical (unpaired) electrons. The Bertz CT molecular complexity index is 1180. The van der Waals surface area contributed by atoms with E-state index >= 15 is 0 Å². The van der Waals surface area contributed by atoms with E-state index in [0.29, 0.717) is 0 Å². The number of hydrogen-bond donors (Lipinski definition) is 0. The summed E-state index contributed by atoms with van der Waals surface area (Å²) in [6.45, 7) is 0.986. The highest BCUT2D eigenvalue weighted by molar-refractivity contribution is 8.15. The van der Waals surface area contributed by atoms with Crippen molar-refractivity contribution in [3.05, 3.63) is 75.1 Å². The van der Waals surface area contributed by atoms with Crippen LogP contribution in [0.4, 0.5) is 13.2 Å². The van der Waals surface area contributed by atoms with Gasteiger partial charge in [-0.2, -0.15) is 5.10 Å². The summed E-state index contributed by atoms with van der Waals surface area (Å²) >= 11 is 0.909. The monoisotopic (exact) mass is 495 g/mol. The number of ether oxygens (including phenoxy) is 2. The third-order valence-electron chi connectivity index (χ3n) is 5.81. The van der Waals surface area contributed by atoms with Crippen LogP contribution in [0.15, 0.2) is 41.5 Å². The van der Waals surface area contributed by atoms with Crippen LogP contribution in [0.1, 0.15) is 24.5 Å². The minimum absolute atomic E-state index is 0.0307. The summed E-state index contributed by atoms with van der Waals surface area (Å²) < 4.78 is 54.0. The number of thioether (sulfide) groups is 1. The maximum atomic E-state index is 14.7. The number of carbonyl (C=O) groups is 1. The van der Waals surface area contributed by atoms with Gasteiger partial charge in [-0.05, 0) is 43.3 Å². The molecule has 0 aliphatic carbocycles. The first kappa shape index (κ1) is 24.0. The van der Waals surface area contributed by atoms with E-state index in [4.69, 9.17) is 9.47 Å². The lowest BCUT2D eigenvalue weighted by Gasteiger charge is -2.45. The van der Waals surface area contributed by atoms with Crippen LogP contribution in [0.3, 0.4) is 0 Å². The van der Waals surface area contributed by atoms with Crippen LogP contribution in [0.25, 0.3) is 0 Å². The Morgan fingerprint density at radius 1 is 1.32 bits per heavy atom. The Morgan fingerprint density at radius 2 is 2.03 bits per heavy atom. The Labute approximate surface area is 196 Å². The van der Waals surface area contributed by atoms with Crippen LogP contribution in [0, 0.1) is 33.5 Å². The van der Waals surface area contributed by atoms with Crippen molar-refractivity contribution >= 4 is 22.7 Å². The van der Waals surface area contributed by atoms with Crippen molar-refractivity contribution in [3.63, 3.8) is 0 Å². The van der Waals surface area contributed by atoms with E-state index in [-0.39, 0.29) is 34.9 Å². The number of benzene rings is 2. The maximum absolute atomic E-state index is 14.7. The first-order valence-electron chi connectivity index (χ1n) is 10.3. The molecule has 2 aliphatic rings. The second-order valence-electron chi connectivity index (χ2n) is 7.85. The zero-order valence-corrected chi connectivity index (χ0v) is 19.0. The van der Waals surface area contributed by atoms with Gasteiger partial charge < -0.3 is 9.47 Å². The van der Waals surface area contributed by atoms with Crippen molar-refractivity contribution in [1.29, 1.82) is 0 Å². The summed E-state index contributed by atoms with van der Waals surface area (Å²) in [5, 5.41) is 16.5.